The van der Waals surface area contributed by atoms with Crippen molar-refractivity contribution in [2.24, 2.45) is 0 Å². The van der Waals surface area contributed by atoms with Gasteiger partial charge in [-0.15, -0.1) is 0 Å². The Morgan fingerprint density at radius 3 is 2.63 bits per heavy atom. The van der Waals surface area contributed by atoms with Gasteiger partial charge in [0.25, 0.3) is 5.91 Å². The molecule has 0 aliphatic carbocycles. The number of aryl methyl sites for hydroxylation is 1. The van der Waals surface area contributed by atoms with Crippen molar-refractivity contribution in [3.63, 3.8) is 0 Å². The van der Waals surface area contributed by atoms with Gasteiger partial charge in [0, 0.05) is 42.3 Å². The molecule has 0 saturated carbocycles. The van der Waals surface area contributed by atoms with Crippen LogP contribution in [0.25, 0.3) is 0 Å². The van der Waals surface area contributed by atoms with Crippen molar-refractivity contribution < 1.29 is 9.53 Å². The first-order valence-corrected chi connectivity index (χ1v) is 10.3. The van der Waals surface area contributed by atoms with Crippen LogP contribution < -0.4 is 9.64 Å². The monoisotopic (exact) mass is 422 g/mol. The van der Waals surface area contributed by atoms with Crippen LogP contribution in [0.2, 0.25) is 5.02 Å². The lowest BCUT2D eigenvalue weighted by Crippen LogP contribution is -2.54. The lowest BCUT2D eigenvalue weighted by Gasteiger charge is -2.40. The molecule has 6 nitrogen and oxygen atoms in total. The number of carbonyl (C=O) groups excluding carboxylic acids is 1. The molecule has 154 valence electrons. The second-order valence-electron chi connectivity index (χ2n) is 7.43. The number of carbonyl (C=O) groups is 1. The highest BCUT2D eigenvalue weighted by atomic mass is 35.5. The zero-order valence-electron chi connectivity index (χ0n) is 17.0. The van der Waals surface area contributed by atoms with Gasteiger partial charge in [0.05, 0.1) is 0 Å². The smallest absolute Gasteiger partial charge is 0.254 e. The van der Waals surface area contributed by atoms with Crippen molar-refractivity contribution in [1.29, 1.82) is 0 Å². The number of piperazine rings is 1. The SMILES string of the molecule is Cc1cccc(Oc2cc(N3CCN(C(=O)c4ccc(Cl)cc4)[C@H](C)C3)ncn2)c1. The van der Waals surface area contributed by atoms with Crippen LogP contribution in [0.5, 0.6) is 11.6 Å². The molecule has 30 heavy (non-hydrogen) atoms. The third-order valence-electron chi connectivity index (χ3n) is 5.14. The van der Waals surface area contributed by atoms with E-state index in [1.165, 1.54) is 6.33 Å². The lowest BCUT2D eigenvalue weighted by molar-refractivity contribution is 0.0673. The van der Waals surface area contributed by atoms with Crippen molar-refractivity contribution in [3.05, 3.63) is 77.1 Å². The second-order valence-corrected chi connectivity index (χ2v) is 7.87. The van der Waals surface area contributed by atoms with Crippen molar-refractivity contribution >= 4 is 23.3 Å². The van der Waals surface area contributed by atoms with E-state index in [0.29, 0.717) is 36.1 Å². The fraction of sp³-hybridized carbons (Fsp3) is 0.261. The van der Waals surface area contributed by atoms with Crippen LogP contribution in [0.1, 0.15) is 22.8 Å². The van der Waals surface area contributed by atoms with Crippen LogP contribution in [0.3, 0.4) is 0 Å². The molecule has 1 saturated heterocycles. The Bertz CT molecular complexity index is 1040. The summed E-state index contributed by atoms with van der Waals surface area (Å²) in [5.74, 6) is 2.05. The van der Waals surface area contributed by atoms with Gasteiger partial charge in [0.2, 0.25) is 5.88 Å². The zero-order chi connectivity index (χ0) is 21.1. The van der Waals surface area contributed by atoms with Gasteiger partial charge in [-0.25, -0.2) is 9.97 Å². The van der Waals surface area contributed by atoms with Crippen molar-refractivity contribution in [3.8, 4) is 11.6 Å². The van der Waals surface area contributed by atoms with E-state index in [1.54, 1.807) is 24.3 Å². The van der Waals surface area contributed by atoms with Gasteiger partial charge < -0.3 is 14.5 Å². The van der Waals surface area contributed by atoms with Gasteiger partial charge in [-0.1, -0.05) is 23.7 Å². The van der Waals surface area contributed by atoms with Crippen molar-refractivity contribution in [1.82, 2.24) is 14.9 Å². The molecule has 0 bridgehead atoms. The third-order valence-corrected chi connectivity index (χ3v) is 5.40. The summed E-state index contributed by atoms with van der Waals surface area (Å²) in [7, 11) is 0. The number of anilines is 1. The van der Waals surface area contributed by atoms with E-state index < -0.39 is 0 Å². The molecule has 1 aliphatic heterocycles. The van der Waals surface area contributed by atoms with E-state index in [9.17, 15) is 4.79 Å². The van der Waals surface area contributed by atoms with Gasteiger partial charge in [-0.05, 0) is 55.8 Å². The van der Waals surface area contributed by atoms with Crippen LogP contribution in [0.15, 0.2) is 60.9 Å². The maximum absolute atomic E-state index is 12.9. The quantitative estimate of drug-likeness (QED) is 0.615. The summed E-state index contributed by atoms with van der Waals surface area (Å²) in [6.07, 6.45) is 1.51. The molecule has 0 unspecified atom stereocenters. The van der Waals surface area contributed by atoms with E-state index in [1.807, 2.05) is 49.1 Å². The Kier molecular flexibility index (Phi) is 5.86. The number of benzene rings is 2. The van der Waals surface area contributed by atoms with Crippen molar-refractivity contribution in [2.45, 2.75) is 19.9 Å². The summed E-state index contributed by atoms with van der Waals surface area (Å²) in [5, 5.41) is 0.622. The van der Waals surface area contributed by atoms with E-state index in [2.05, 4.69) is 14.9 Å². The normalized spacial score (nSPS) is 16.4. The highest BCUT2D eigenvalue weighted by molar-refractivity contribution is 6.30. The molecule has 2 aromatic carbocycles. The maximum Gasteiger partial charge on any atom is 0.254 e. The molecule has 1 aliphatic rings. The average molecular weight is 423 g/mol. The van der Waals surface area contributed by atoms with E-state index in [0.717, 1.165) is 17.1 Å². The highest BCUT2D eigenvalue weighted by Gasteiger charge is 2.29. The van der Waals surface area contributed by atoms with Gasteiger partial charge in [-0.2, -0.15) is 0 Å². The van der Waals surface area contributed by atoms with Crippen molar-refractivity contribution in [2.75, 3.05) is 24.5 Å². The molecule has 1 atom stereocenters. The second kappa shape index (κ2) is 8.71. The Labute approximate surface area is 181 Å². The minimum absolute atomic E-state index is 0.0185. The molecule has 0 radical (unpaired) electrons. The van der Waals surface area contributed by atoms with Crippen LogP contribution in [-0.2, 0) is 0 Å². The molecule has 0 N–H and O–H groups in total. The standard InChI is InChI=1S/C23H23ClN4O2/c1-16-4-3-5-20(12-16)30-22-13-21(25-15-26-22)27-10-11-28(17(2)14-27)23(29)18-6-8-19(24)9-7-18/h3-9,12-13,15,17H,10-11,14H2,1-2H3/t17-/m1/s1. The Morgan fingerprint density at radius 2 is 1.90 bits per heavy atom. The molecule has 2 heterocycles. The van der Waals surface area contributed by atoms with Crippen LogP contribution >= 0.6 is 11.6 Å². The molecular formula is C23H23ClN4O2. The van der Waals surface area contributed by atoms with Gasteiger partial charge in [-0.3, -0.25) is 4.79 Å². The predicted octanol–water partition coefficient (Wildman–Crippen LogP) is 4.58. The Hall–Kier alpha value is -3.12. The number of amides is 1. The lowest BCUT2D eigenvalue weighted by atomic mass is 10.1. The molecular weight excluding hydrogens is 400 g/mol. The van der Waals surface area contributed by atoms with Crippen LogP contribution in [0.4, 0.5) is 5.82 Å². The zero-order valence-corrected chi connectivity index (χ0v) is 17.7. The summed E-state index contributed by atoms with van der Waals surface area (Å²) in [4.78, 5) is 25.6. The topological polar surface area (TPSA) is 58.6 Å². The summed E-state index contributed by atoms with van der Waals surface area (Å²) in [6, 6.07) is 16.7. The number of aromatic nitrogens is 2. The summed E-state index contributed by atoms with van der Waals surface area (Å²) < 4.78 is 5.89. The fourth-order valence-corrected chi connectivity index (χ4v) is 3.71. The number of nitrogens with zero attached hydrogens (tertiary/aromatic N) is 4. The third kappa shape index (κ3) is 4.54. The number of hydrogen-bond acceptors (Lipinski definition) is 5. The Balaban J connectivity index is 1.44. The summed E-state index contributed by atoms with van der Waals surface area (Å²) >= 11 is 5.94. The number of halogens is 1. The van der Waals surface area contributed by atoms with Gasteiger partial charge >= 0.3 is 0 Å². The maximum atomic E-state index is 12.9. The van der Waals surface area contributed by atoms with E-state index in [-0.39, 0.29) is 11.9 Å². The molecule has 3 aromatic rings. The van der Waals surface area contributed by atoms with E-state index in [4.69, 9.17) is 16.3 Å². The molecule has 1 aromatic heterocycles. The van der Waals surface area contributed by atoms with Crippen LogP contribution in [0, 0.1) is 6.92 Å². The minimum Gasteiger partial charge on any atom is -0.439 e. The van der Waals surface area contributed by atoms with Gasteiger partial charge in [0.1, 0.15) is 17.9 Å². The number of hydrogen-bond donors (Lipinski definition) is 0. The molecule has 7 heteroatoms. The summed E-state index contributed by atoms with van der Waals surface area (Å²) in [6.45, 7) is 6.04. The molecule has 1 amide bonds. The summed E-state index contributed by atoms with van der Waals surface area (Å²) in [5.41, 5.74) is 1.77. The highest BCUT2D eigenvalue weighted by Crippen LogP contribution is 2.25. The minimum atomic E-state index is 0.0185. The first-order chi connectivity index (χ1) is 14.5. The van der Waals surface area contributed by atoms with E-state index >= 15 is 0 Å². The first kappa shape index (κ1) is 20.2. The van der Waals surface area contributed by atoms with Crippen LogP contribution in [-0.4, -0.2) is 46.5 Å². The molecule has 1 fully saturated rings. The Morgan fingerprint density at radius 1 is 1.10 bits per heavy atom. The fourth-order valence-electron chi connectivity index (χ4n) is 3.58. The number of ether oxygens (including phenoxy) is 1. The number of rotatable bonds is 4. The average Bonchev–Trinajstić information content (AvgIpc) is 2.74. The first-order valence-electron chi connectivity index (χ1n) is 9.87. The van der Waals surface area contributed by atoms with Gasteiger partial charge in [0.15, 0.2) is 0 Å². The predicted molar refractivity (Wildman–Crippen MR) is 117 cm³/mol. The largest absolute Gasteiger partial charge is 0.439 e. The molecule has 4 rings (SSSR count). The molecule has 0 spiro atoms.